The zero-order chi connectivity index (χ0) is 18.3. The number of anilines is 1. The van der Waals surface area contributed by atoms with Crippen LogP contribution in [0.3, 0.4) is 0 Å². The van der Waals surface area contributed by atoms with Gasteiger partial charge in [0.25, 0.3) is 0 Å². The number of nitrogens with zero attached hydrogens (tertiary/aromatic N) is 4. The largest absolute Gasteiger partial charge is 0.418 e. The lowest BCUT2D eigenvalue weighted by molar-refractivity contribution is -0.384. The van der Waals surface area contributed by atoms with E-state index in [9.17, 15) is 36.5 Å². The number of pyridine rings is 1. The second-order valence-corrected chi connectivity index (χ2v) is 5.57. The quantitative estimate of drug-likeness (QED) is 0.314. The van der Waals surface area contributed by atoms with Gasteiger partial charge in [-0.2, -0.15) is 26.3 Å². The van der Waals surface area contributed by atoms with Crippen molar-refractivity contribution >= 4 is 27.7 Å². The molecule has 13 heteroatoms. The number of hydrogen-bond donors (Lipinski definition) is 0. The minimum atomic E-state index is -4.84. The number of nitro groups is 1. The van der Waals surface area contributed by atoms with Gasteiger partial charge in [0.1, 0.15) is 6.04 Å². The molecule has 2 rings (SSSR count). The first kappa shape index (κ1) is 18.4. The Morgan fingerprint density at radius 2 is 1.92 bits per heavy atom. The van der Waals surface area contributed by atoms with Crippen molar-refractivity contribution in [2.24, 2.45) is 0 Å². The van der Waals surface area contributed by atoms with Crippen molar-refractivity contribution in [3.05, 3.63) is 40.2 Å². The van der Waals surface area contributed by atoms with E-state index >= 15 is 0 Å². The van der Waals surface area contributed by atoms with Crippen LogP contribution in [-0.4, -0.2) is 32.7 Å². The minimum Gasteiger partial charge on any atom is -0.313 e. The lowest BCUT2D eigenvalue weighted by atomic mass is 10.2. The topological polar surface area (TPSA) is 62.5 Å². The Balaban J connectivity index is 2.41. The van der Waals surface area contributed by atoms with Crippen molar-refractivity contribution in [1.29, 1.82) is 0 Å². The van der Waals surface area contributed by atoms with E-state index in [2.05, 4.69) is 21.1 Å². The number of aromatic nitrogens is 1. The van der Waals surface area contributed by atoms with Crippen molar-refractivity contribution in [2.75, 3.05) is 11.6 Å². The normalized spacial score (nSPS) is 19.6. The van der Waals surface area contributed by atoms with Crippen molar-refractivity contribution in [1.82, 2.24) is 8.91 Å². The van der Waals surface area contributed by atoms with Gasteiger partial charge in [-0.05, 0) is 6.08 Å². The molecule has 1 aliphatic heterocycles. The lowest BCUT2D eigenvalue weighted by Crippen LogP contribution is -2.46. The van der Waals surface area contributed by atoms with Crippen LogP contribution in [0.25, 0.3) is 0 Å². The van der Waals surface area contributed by atoms with Crippen LogP contribution in [0, 0.1) is 10.1 Å². The summed E-state index contributed by atoms with van der Waals surface area (Å²) < 4.78 is 76.7. The molecule has 6 nitrogen and oxygen atoms in total. The number of rotatable bonds is 2. The van der Waals surface area contributed by atoms with Crippen molar-refractivity contribution in [3.8, 4) is 0 Å². The lowest BCUT2D eigenvalue weighted by Gasteiger charge is -2.34. The van der Waals surface area contributed by atoms with E-state index in [1.165, 1.54) is 0 Å². The SMILES string of the molecule is O=[N+]([O-])c1cc(C(F)(F)F)cnc1N1C=CC(C(F)(F)F)N(Br)C1. The third-order valence-electron chi connectivity index (χ3n) is 3.02. The molecule has 0 spiro atoms. The maximum atomic E-state index is 12.7. The Labute approximate surface area is 138 Å². The van der Waals surface area contributed by atoms with E-state index in [4.69, 9.17) is 0 Å². The number of halogens is 7. The van der Waals surface area contributed by atoms with E-state index in [1.54, 1.807) is 0 Å². The first-order valence-electron chi connectivity index (χ1n) is 6.07. The second kappa shape index (κ2) is 6.20. The monoisotopic (exact) mass is 420 g/mol. The molecular formula is C11H7BrF6N4O2. The van der Waals surface area contributed by atoms with Crippen LogP contribution in [0.15, 0.2) is 24.5 Å². The predicted octanol–water partition coefficient (Wildman–Crippen LogP) is 3.84. The van der Waals surface area contributed by atoms with Gasteiger partial charge in [-0.1, -0.05) is 0 Å². The standard InChI is InChI=1S/C11H7BrF6N4O2/c12-21-5-20(2-1-8(21)11(16,17)18)9-7(22(23)24)3-6(4-19-9)10(13,14)15/h1-4,8H,5H2. The molecule has 0 bridgehead atoms. The molecule has 24 heavy (non-hydrogen) atoms. The molecule has 1 aromatic heterocycles. The van der Waals surface area contributed by atoms with Gasteiger partial charge in [-0.15, -0.1) is 0 Å². The van der Waals surface area contributed by atoms with Crippen LogP contribution in [0.5, 0.6) is 0 Å². The summed E-state index contributed by atoms with van der Waals surface area (Å²) >= 11 is 2.68. The zero-order valence-corrected chi connectivity index (χ0v) is 12.9. The number of hydrogen-bond acceptors (Lipinski definition) is 5. The smallest absolute Gasteiger partial charge is 0.313 e. The molecule has 1 aromatic rings. The van der Waals surface area contributed by atoms with Gasteiger partial charge in [-0.25, -0.2) is 8.91 Å². The molecule has 1 aliphatic rings. The molecule has 1 unspecified atom stereocenters. The highest BCUT2D eigenvalue weighted by atomic mass is 79.9. The Hall–Kier alpha value is -1.89. The molecule has 0 amide bonds. The fourth-order valence-electron chi connectivity index (χ4n) is 1.92. The fourth-order valence-corrected chi connectivity index (χ4v) is 2.53. The predicted molar refractivity (Wildman–Crippen MR) is 73.0 cm³/mol. The number of alkyl halides is 6. The summed E-state index contributed by atoms with van der Waals surface area (Å²) in [7, 11) is 0. The molecular weight excluding hydrogens is 414 g/mol. The summed E-state index contributed by atoms with van der Waals surface area (Å²) in [5, 5.41) is 11.0. The molecule has 0 aliphatic carbocycles. The van der Waals surface area contributed by atoms with Crippen molar-refractivity contribution in [2.45, 2.75) is 18.4 Å². The molecule has 0 N–H and O–H groups in total. The highest BCUT2D eigenvalue weighted by Gasteiger charge is 2.44. The van der Waals surface area contributed by atoms with Gasteiger partial charge in [0.05, 0.1) is 17.2 Å². The maximum Gasteiger partial charge on any atom is 0.418 e. The van der Waals surface area contributed by atoms with E-state index in [0.717, 1.165) is 11.1 Å². The molecule has 0 aromatic carbocycles. The van der Waals surface area contributed by atoms with Gasteiger partial charge < -0.3 is 4.90 Å². The third kappa shape index (κ3) is 3.77. The summed E-state index contributed by atoms with van der Waals surface area (Å²) in [6.45, 7) is -0.514. The Kier molecular flexibility index (Phi) is 4.77. The van der Waals surface area contributed by atoms with Crippen LogP contribution in [0.2, 0.25) is 0 Å². The molecule has 0 fully saturated rings. The van der Waals surface area contributed by atoms with Crippen LogP contribution in [-0.2, 0) is 6.18 Å². The van der Waals surface area contributed by atoms with Gasteiger partial charge in [-0.3, -0.25) is 10.1 Å². The summed E-state index contributed by atoms with van der Waals surface area (Å²) in [6, 6.07) is -1.70. The van der Waals surface area contributed by atoms with Gasteiger partial charge >= 0.3 is 18.0 Å². The van der Waals surface area contributed by atoms with Gasteiger partial charge in [0, 0.05) is 34.6 Å². The van der Waals surface area contributed by atoms with Crippen LogP contribution in [0.1, 0.15) is 5.56 Å². The van der Waals surface area contributed by atoms with Crippen LogP contribution in [0.4, 0.5) is 37.8 Å². The van der Waals surface area contributed by atoms with E-state index in [-0.39, 0.29) is 6.07 Å². The maximum absolute atomic E-state index is 12.7. The molecule has 2 heterocycles. The van der Waals surface area contributed by atoms with Crippen LogP contribution < -0.4 is 4.90 Å². The van der Waals surface area contributed by atoms with Gasteiger partial charge in [0.2, 0.25) is 5.82 Å². The molecule has 0 saturated carbocycles. The zero-order valence-electron chi connectivity index (χ0n) is 11.3. The van der Waals surface area contributed by atoms with E-state index < -0.39 is 47.1 Å². The first-order valence-corrected chi connectivity index (χ1v) is 6.78. The average molecular weight is 421 g/mol. The Morgan fingerprint density at radius 3 is 2.38 bits per heavy atom. The average Bonchev–Trinajstić information content (AvgIpc) is 2.44. The fraction of sp³-hybridized carbons (Fsp3) is 0.364. The third-order valence-corrected chi connectivity index (χ3v) is 3.68. The summed E-state index contributed by atoms with van der Waals surface area (Å²) in [5.41, 5.74) is -2.30. The Morgan fingerprint density at radius 1 is 1.29 bits per heavy atom. The van der Waals surface area contributed by atoms with E-state index in [1.807, 2.05) is 0 Å². The minimum absolute atomic E-state index is 0.282. The highest BCUT2D eigenvalue weighted by Crippen LogP contribution is 2.37. The van der Waals surface area contributed by atoms with Crippen LogP contribution >= 0.6 is 16.1 Å². The van der Waals surface area contributed by atoms with E-state index in [0.29, 0.717) is 16.2 Å². The van der Waals surface area contributed by atoms with Crippen molar-refractivity contribution in [3.63, 3.8) is 0 Å². The summed E-state index contributed by atoms with van der Waals surface area (Å²) in [4.78, 5) is 14.2. The highest BCUT2D eigenvalue weighted by molar-refractivity contribution is 9.07. The Bertz CT molecular complexity index is 677. The molecule has 1 atom stereocenters. The first-order chi connectivity index (χ1) is 10.9. The van der Waals surface area contributed by atoms with Gasteiger partial charge in [0.15, 0.2) is 0 Å². The van der Waals surface area contributed by atoms with Crippen molar-refractivity contribution < 1.29 is 31.3 Å². The molecule has 132 valence electrons. The molecule has 0 radical (unpaired) electrons. The second-order valence-electron chi connectivity index (χ2n) is 4.66. The summed E-state index contributed by atoms with van der Waals surface area (Å²) in [5.74, 6) is -0.505. The summed E-state index contributed by atoms with van der Waals surface area (Å²) in [6.07, 6.45) is -7.47. The molecule has 0 saturated heterocycles.